The molecule has 84 valence electrons. The Labute approximate surface area is 114 Å². The Morgan fingerprint density at radius 2 is 0.882 bits per heavy atom. The molecule has 2 aromatic heterocycles. The first-order valence-electron chi connectivity index (χ1n) is 4.64. The van der Waals surface area contributed by atoms with Crippen LogP contribution in [0.15, 0.2) is 44.9 Å². The second-order valence-electron chi connectivity index (χ2n) is 3.15. The summed E-state index contributed by atoms with van der Waals surface area (Å²) in [7, 11) is 0. The molecule has 0 bridgehead atoms. The normalized spacial score (nSPS) is 19.3. The number of quaternary nitrogens is 1. The molecule has 0 aromatic carbocycles. The van der Waals surface area contributed by atoms with E-state index in [2.05, 4.69) is 19.9 Å². The van der Waals surface area contributed by atoms with Gasteiger partial charge in [0.15, 0.2) is 67.9 Å². The summed E-state index contributed by atoms with van der Waals surface area (Å²) in [4.78, 5) is 17.4. The molecule has 0 N–H and O–H groups in total. The zero-order chi connectivity index (χ0) is 11.3. The van der Waals surface area contributed by atoms with Gasteiger partial charge in [0.25, 0.3) is 0 Å². The van der Waals surface area contributed by atoms with E-state index in [1.54, 1.807) is 72.6 Å². The van der Waals surface area contributed by atoms with Crippen LogP contribution in [0, 0.1) is 0 Å². The maximum absolute atomic E-state index is 4.34. The molecule has 0 atom stereocenters. The highest BCUT2D eigenvalue weighted by Crippen LogP contribution is 2.69. The number of hydrogen-bond donors (Lipinski definition) is 0. The van der Waals surface area contributed by atoms with Crippen molar-refractivity contribution in [1.29, 1.82) is 0 Å². The highest BCUT2D eigenvalue weighted by atomic mass is 32.3. The van der Waals surface area contributed by atoms with Crippen molar-refractivity contribution in [1.82, 2.24) is 19.9 Å². The fourth-order valence-corrected chi connectivity index (χ4v) is 7.10. The van der Waals surface area contributed by atoms with Gasteiger partial charge >= 0.3 is 0 Å². The largest absolute Gasteiger partial charge is 0.240 e. The average Bonchev–Trinajstić information content (AvgIpc) is 2.87. The third kappa shape index (κ3) is 1.65. The van der Waals surface area contributed by atoms with Crippen LogP contribution in [0.25, 0.3) is 0 Å². The van der Waals surface area contributed by atoms with Crippen LogP contribution in [0.1, 0.15) is 0 Å². The predicted octanol–water partition coefficient (Wildman–Crippen LogP) is 2.84. The van der Waals surface area contributed by atoms with Gasteiger partial charge in [-0.3, -0.25) is 0 Å². The zero-order valence-corrected chi connectivity index (χ0v) is 11.4. The van der Waals surface area contributed by atoms with Crippen molar-refractivity contribution in [2.24, 2.45) is 0 Å². The first-order valence-corrected chi connectivity index (χ1v) is 7.73. The highest BCUT2D eigenvalue weighted by Gasteiger charge is 2.54. The van der Waals surface area contributed by atoms with Gasteiger partial charge in [0, 0.05) is 24.8 Å². The van der Waals surface area contributed by atoms with Gasteiger partial charge in [-0.2, -0.15) is 0 Å². The Hall–Kier alpha value is -0.480. The summed E-state index contributed by atoms with van der Waals surface area (Å²) >= 11 is 6.70. The molecule has 1 spiro atoms. The van der Waals surface area contributed by atoms with Gasteiger partial charge in [-0.05, 0) is 0 Å². The van der Waals surface area contributed by atoms with E-state index in [0.717, 1.165) is 20.1 Å². The summed E-state index contributed by atoms with van der Waals surface area (Å²) in [5.41, 5.74) is 0. The van der Waals surface area contributed by atoms with E-state index in [1.165, 1.54) is 0 Å². The van der Waals surface area contributed by atoms with E-state index in [0.29, 0.717) is 2.10 Å². The zero-order valence-electron chi connectivity index (χ0n) is 8.18. The quantitative estimate of drug-likeness (QED) is 0.543. The van der Waals surface area contributed by atoms with Crippen LogP contribution in [0.3, 0.4) is 0 Å². The van der Waals surface area contributed by atoms with E-state index in [9.17, 15) is 0 Å². The first-order chi connectivity index (χ1) is 8.35. The van der Waals surface area contributed by atoms with E-state index < -0.39 is 0 Å². The molecule has 0 amide bonds. The van der Waals surface area contributed by atoms with Crippen LogP contribution in [-0.4, -0.2) is 22.0 Å². The highest BCUT2D eigenvalue weighted by molar-refractivity contribution is 8.31. The van der Waals surface area contributed by atoms with Crippen molar-refractivity contribution in [2.45, 2.75) is 20.1 Å². The lowest BCUT2D eigenvalue weighted by atomic mass is 10.8. The second-order valence-corrected chi connectivity index (χ2v) is 9.00. The Morgan fingerprint density at radius 3 is 1.18 bits per heavy atom. The Morgan fingerprint density at radius 1 is 0.588 bits per heavy atom. The number of fused-ring (bicyclic) bond motifs is 2. The monoisotopic (exact) mass is 298 g/mol. The van der Waals surface area contributed by atoms with Crippen LogP contribution in [-0.2, 0) is 0 Å². The standard InChI is InChI=1S/C8H4N5S4/c1-2-10-6-5(9-1)14-13(15-6)16-7-8(17-13)12-4-3-11-7/h1-4H/q+1. The van der Waals surface area contributed by atoms with E-state index >= 15 is 0 Å². The molecule has 0 unspecified atom stereocenters. The van der Waals surface area contributed by atoms with Gasteiger partial charge in [0.05, 0.1) is 0 Å². The number of rotatable bonds is 0. The van der Waals surface area contributed by atoms with Crippen LogP contribution in [0.4, 0.5) is 0 Å². The minimum absolute atomic E-state index is 0.638. The molecule has 0 saturated heterocycles. The summed E-state index contributed by atoms with van der Waals surface area (Å²) in [6.45, 7) is 0. The topological polar surface area (TPSA) is 51.6 Å². The number of nitrogens with zero attached hydrogens (tertiary/aromatic N) is 5. The minimum atomic E-state index is 0.638. The molecule has 4 heterocycles. The maximum Gasteiger partial charge on any atom is 0.196 e. The summed E-state index contributed by atoms with van der Waals surface area (Å²) in [5.74, 6) is 0. The van der Waals surface area contributed by atoms with Gasteiger partial charge in [-0.15, -0.1) is 0 Å². The molecule has 0 fully saturated rings. The van der Waals surface area contributed by atoms with Crippen LogP contribution >= 0.6 is 47.8 Å². The fourth-order valence-electron chi connectivity index (χ4n) is 1.41. The van der Waals surface area contributed by atoms with Crippen molar-refractivity contribution in [3.05, 3.63) is 24.8 Å². The van der Waals surface area contributed by atoms with Gasteiger partial charge in [0.2, 0.25) is 0 Å². The van der Waals surface area contributed by atoms with Gasteiger partial charge < -0.3 is 0 Å². The molecule has 2 aromatic rings. The summed E-state index contributed by atoms with van der Waals surface area (Å²) < 4.78 is 0.638. The molecule has 0 radical (unpaired) electrons. The van der Waals surface area contributed by atoms with Gasteiger partial charge in [0.1, 0.15) is 0 Å². The number of hydrogen-bond acceptors (Lipinski definition) is 8. The van der Waals surface area contributed by atoms with E-state index in [4.69, 9.17) is 0 Å². The SMILES string of the molecule is c1cnc2c(n1)S[N+]1(S2)Sc2nccnc2S1. The predicted molar refractivity (Wildman–Crippen MR) is 67.8 cm³/mol. The van der Waals surface area contributed by atoms with E-state index in [-0.39, 0.29) is 0 Å². The Kier molecular flexibility index (Phi) is 2.31. The summed E-state index contributed by atoms with van der Waals surface area (Å²) in [5, 5.41) is 3.91. The third-order valence-corrected chi connectivity index (χ3v) is 7.78. The molecular formula is C8H4N5S4+. The summed E-state index contributed by atoms with van der Waals surface area (Å²) in [6.07, 6.45) is 6.90. The lowest BCUT2D eigenvalue weighted by molar-refractivity contribution is -0.268. The molecule has 4 rings (SSSR count). The smallest absolute Gasteiger partial charge is 0.196 e. The molecule has 2 aliphatic rings. The van der Waals surface area contributed by atoms with Crippen molar-refractivity contribution >= 4 is 47.8 Å². The maximum atomic E-state index is 4.34. The lowest BCUT2D eigenvalue weighted by Crippen LogP contribution is -2.06. The Balaban J connectivity index is 1.72. The molecule has 5 nitrogen and oxygen atoms in total. The van der Waals surface area contributed by atoms with Crippen LogP contribution in [0.2, 0.25) is 0 Å². The minimum Gasteiger partial charge on any atom is -0.240 e. The molecule has 0 aliphatic carbocycles. The lowest BCUT2D eigenvalue weighted by Gasteiger charge is -2.12. The third-order valence-electron chi connectivity index (χ3n) is 2.06. The number of aromatic nitrogens is 4. The molecule has 0 saturated carbocycles. The van der Waals surface area contributed by atoms with Gasteiger partial charge in [-0.25, -0.2) is 19.9 Å². The average molecular weight is 298 g/mol. The van der Waals surface area contributed by atoms with Crippen molar-refractivity contribution in [2.75, 3.05) is 0 Å². The van der Waals surface area contributed by atoms with Crippen molar-refractivity contribution in [3.8, 4) is 0 Å². The Bertz CT molecular complexity index is 499. The fraction of sp³-hybridized carbons (Fsp3) is 0. The van der Waals surface area contributed by atoms with Crippen LogP contribution in [0.5, 0.6) is 0 Å². The van der Waals surface area contributed by atoms with Crippen molar-refractivity contribution in [3.63, 3.8) is 0 Å². The van der Waals surface area contributed by atoms with Crippen molar-refractivity contribution < 1.29 is 2.10 Å². The first kappa shape index (κ1) is 10.4. The molecule has 9 heteroatoms. The molecule has 17 heavy (non-hydrogen) atoms. The van der Waals surface area contributed by atoms with Crippen LogP contribution < -0.4 is 0 Å². The van der Waals surface area contributed by atoms with E-state index in [1.807, 2.05) is 0 Å². The molecular weight excluding hydrogens is 294 g/mol. The second kappa shape index (κ2) is 3.75. The molecule has 2 aliphatic heterocycles. The summed E-state index contributed by atoms with van der Waals surface area (Å²) in [6, 6.07) is 0. The van der Waals surface area contributed by atoms with Gasteiger partial charge in [-0.1, -0.05) is 2.10 Å².